The zero-order valence-corrected chi connectivity index (χ0v) is 44.3. The van der Waals surface area contributed by atoms with E-state index in [4.69, 9.17) is 0 Å². The van der Waals surface area contributed by atoms with Crippen molar-refractivity contribution in [1.29, 1.82) is 0 Å². The van der Waals surface area contributed by atoms with Crippen LogP contribution >= 0.6 is 0 Å². The van der Waals surface area contributed by atoms with Crippen LogP contribution in [0.1, 0.15) is 53.1 Å². The highest BCUT2D eigenvalue weighted by Gasteiger charge is 2.30. The maximum Gasteiger partial charge on any atom is 0.278 e. The molecule has 1 atom stereocenters. The van der Waals surface area contributed by atoms with Crippen molar-refractivity contribution in [3.05, 3.63) is 231 Å². The van der Waals surface area contributed by atoms with Crippen molar-refractivity contribution in [2.75, 3.05) is 0 Å². The van der Waals surface area contributed by atoms with Gasteiger partial charge >= 0.3 is 0 Å². The highest BCUT2D eigenvalue weighted by Crippen LogP contribution is 2.44. The number of nitro groups is 7. The number of non-ortho nitro benzene ring substituents is 7. The van der Waals surface area contributed by atoms with E-state index in [-0.39, 0.29) is 104 Å². The number of hydrogen-bond donors (Lipinski definition) is 3. The van der Waals surface area contributed by atoms with Crippen molar-refractivity contribution in [2.45, 2.75) is 46.0 Å². The third-order valence-electron chi connectivity index (χ3n) is 12.9. The van der Waals surface area contributed by atoms with E-state index in [2.05, 4.69) is 40.9 Å². The van der Waals surface area contributed by atoms with Crippen LogP contribution < -0.4 is 0 Å². The van der Waals surface area contributed by atoms with Gasteiger partial charge in [-0.15, -0.1) is 15.3 Å². The molecule has 86 heavy (non-hydrogen) atoms. The maximum absolute atomic E-state index is 13.3. The Hall–Kier alpha value is -12.4. The van der Waals surface area contributed by atoms with Gasteiger partial charge in [-0.05, 0) is 102 Å². The molecule has 1 aliphatic carbocycles. The molecule has 1 unspecified atom stereocenters. The average molecular weight is 1170 g/mol. The lowest BCUT2D eigenvalue weighted by atomic mass is 9.82. The Morgan fingerprint density at radius 2 is 0.744 bits per heavy atom. The van der Waals surface area contributed by atoms with Crippen molar-refractivity contribution in [3.8, 4) is 17.2 Å². The minimum absolute atomic E-state index is 0.000914. The zero-order valence-electron chi connectivity index (χ0n) is 44.3. The minimum Gasteiger partial charge on any atom is -0.508 e. The first-order chi connectivity index (χ1) is 40.8. The quantitative estimate of drug-likeness (QED) is 0.0342. The van der Waals surface area contributed by atoms with Crippen LogP contribution in [0, 0.1) is 83.6 Å². The van der Waals surface area contributed by atoms with E-state index in [1.54, 1.807) is 6.92 Å². The number of allylic oxidation sites excluding steroid dienone is 2. The summed E-state index contributed by atoms with van der Waals surface area (Å²) < 4.78 is 0. The number of ketones is 1. The second kappa shape index (κ2) is 25.1. The van der Waals surface area contributed by atoms with E-state index in [9.17, 15) is 90.9 Å². The molecule has 0 saturated heterocycles. The molecule has 0 fully saturated rings. The Balaban J connectivity index is 1.33. The van der Waals surface area contributed by atoms with Crippen molar-refractivity contribution < 1.29 is 54.6 Å². The molecule has 8 rings (SSSR count). The lowest BCUT2D eigenvalue weighted by Crippen LogP contribution is -2.20. The van der Waals surface area contributed by atoms with Crippen LogP contribution in [0.25, 0.3) is 0 Å². The number of aromatic hydroxyl groups is 3. The van der Waals surface area contributed by atoms with Gasteiger partial charge in [-0.3, -0.25) is 75.6 Å². The molecule has 0 saturated carbocycles. The summed E-state index contributed by atoms with van der Waals surface area (Å²) in [6, 6.07) is 19.9. The van der Waals surface area contributed by atoms with Gasteiger partial charge in [0.1, 0.15) is 23.0 Å². The molecule has 0 radical (unpaired) electrons. The normalized spacial score (nSPS) is 13.5. The first kappa shape index (κ1) is 59.7. The third kappa shape index (κ3) is 14.3. The Morgan fingerprint density at radius 1 is 0.407 bits per heavy atom. The second-order valence-electron chi connectivity index (χ2n) is 19.1. The van der Waals surface area contributed by atoms with Gasteiger partial charge in [-0.25, -0.2) is 0 Å². The molecule has 33 heteroatoms. The van der Waals surface area contributed by atoms with E-state index in [0.717, 1.165) is 36.4 Å². The fraction of sp³-hybridized carbons (Fsp3) is 0.151. The van der Waals surface area contributed by atoms with Crippen molar-refractivity contribution >= 4 is 85.4 Å². The molecule has 7 aromatic rings. The third-order valence-corrected chi connectivity index (χ3v) is 12.9. The standard InChI is InChI=1S/C53H39N15O18/c1-27-6-46(69)11-29(50(27)58-54-35-4-3-5-39(17-35)62(73)74)8-31-13-48(71)15-33(52(31)60-56-37-20-42(65(79)80)25-43(21-37)66(81)82)10-34-16-49(72)14-32(53(34)61-57-38-22-44(67(83)84)26-45(23-38)68(85)86)9-30-12-47(70)7-28(2)51(30)59-55-36-18-40(63(75)76)24-41(19-36)64(77)78/h3-5,7,12-26,29,70-72H,6,8-11H2,1-2H3. The van der Waals surface area contributed by atoms with Gasteiger partial charge in [0.05, 0.1) is 98.2 Å². The van der Waals surface area contributed by atoms with E-state index < -0.39 is 110 Å². The predicted octanol–water partition coefficient (Wildman–Crippen LogP) is 14.5. The van der Waals surface area contributed by atoms with Gasteiger partial charge in [-0.1, -0.05) is 6.07 Å². The summed E-state index contributed by atoms with van der Waals surface area (Å²) in [5.41, 5.74) is -4.94. The van der Waals surface area contributed by atoms with Gasteiger partial charge in [-0.2, -0.15) is 25.6 Å². The molecule has 0 aliphatic heterocycles. The molecule has 33 nitrogen and oxygen atoms in total. The smallest absolute Gasteiger partial charge is 0.278 e. The summed E-state index contributed by atoms with van der Waals surface area (Å²) in [4.78, 5) is 90.0. The monoisotopic (exact) mass is 1170 g/mol. The van der Waals surface area contributed by atoms with Gasteiger partial charge in [0.15, 0.2) is 0 Å². The highest BCUT2D eigenvalue weighted by atomic mass is 16.7. The Labute approximate surface area is 479 Å². The fourth-order valence-corrected chi connectivity index (χ4v) is 9.25. The fourth-order valence-electron chi connectivity index (χ4n) is 9.25. The molecule has 434 valence electrons. The van der Waals surface area contributed by atoms with Crippen molar-refractivity contribution in [1.82, 2.24) is 0 Å². The predicted molar refractivity (Wildman–Crippen MR) is 298 cm³/mol. The van der Waals surface area contributed by atoms with Crippen LogP contribution in [-0.4, -0.2) is 55.6 Å². The zero-order chi connectivity index (χ0) is 62.3. The number of carbonyl (C=O) groups is 1. The molecule has 1 aliphatic rings. The van der Waals surface area contributed by atoms with Gasteiger partial charge in [0.25, 0.3) is 39.8 Å². The second-order valence-corrected chi connectivity index (χ2v) is 19.1. The number of nitrogens with zero attached hydrogens (tertiary/aromatic N) is 15. The lowest BCUT2D eigenvalue weighted by molar-refractivity contribution is -0.394. The number of azo groups is 4. The molecular formula is C53H39N15O18. The molecular weight excluding hydrogens is 1130 g/mol. The Kier molecular flexibility index (Phi) is 17.4. The molecule has 0 amide bonds. The summed E-state index contributed by atoms with van der Waals surface area (Å²) in [5.74, 6) is -2.39. The molecule has 0 bridgehead atoms. The molecule has 0 spiro atoms. The number of Topliss-reactive ketones (excluding diaryl/α,β-unsaturated/α-hetero) is 1. The summed E-state index contributed by atoms with van der Waals surface area (Å²) >= 11 is 0. The number of aryl methyl sites for hydroxylation is 1. The van der Waals surface area contributed by atoms with Gasteiger partial charge < -0.3 is 15.3 Å². The molecule has 3 N–H and O–H groups in total. The number of benzene rings is 7. The van der Waals surface area contributed by atoms with Crippen LogP contribution in [0.3, 0.4) is 0 Å². The maximum atomic E-state index is 13.3. The lowest BCUT2D eigenvalue weighted by Gasteiger charge is -2.24. The van der Waals surface area contributed by atoms with Crippen LogP contribution in [0.15, 0.2) is 167 Å². The van der Waals surface area contributed by atoms with E-state index in [0.29, 0.717) is 23.8 Å². The van der Waals surface area contributed by atoms with Crippen LogP contribution in [-0.2, 0) is 24.1 Å². The number of hydrogen-bond acceptors (Lipinski definition) is 26. The Bertz CT molecular complexity index is 4120. The molecule has 0 heterocycles. The SMILES string of the molecule is CC1=C(N=Nc2cccc([N+](=O)[O-])c2)C(Cc2cc(O)cc(Cc3cc(O)cc(Cc4cc(O)cc(C)c4N=Nc4cc([N+](=O)[O-])cc([N+](=O)[O-])c4)c3N=Nc3cc([N+](=O)[O-])cc([N+](=O)[O-])c3)c2N=Nc2cc([N+](=O)[O-])cc([N+](=O)[O-])c2)CC(=O)C1. The summed E-state index contributed by atoms with van der Waals surface area (Å²) in [6.45, 7) is 3.11. The van der Waals surface area contributed by atoms with Gasteiger partial charge in [0, 0.05) is 80.1 Å². The first-order valence-electron chi connectivity index (χ1n) is 24.8. The Morgan fingerprint density at radius 3 is 1.15 bits per heavy atom. The van der Waals surface area contributed by atoms with E-state index in [1.807, 2.05) is 0 Å². The molecule has 0 aromatic heterocycles. The summed E-state index contributed by atoms with van der Waals surface area (Å²) in [5, 5.41) is 151. The van der Waals surface area contributed by atoms with Crippen molar-refractivity contribution in [2.24, 2.45) is 46.8 Å². The van der Waals surface area contributed by atoms with Crippen molar-refractivity contribution in [3.63, 3.8) is 0 Å². The summed E-state index contributed by atoms with van der Waals surface area (Å²) in [6.07, 6.45) is -1.32. The van der Waals surface area contributed by atoms with Crippen LogP contribution in [0.5, 0.6) is 17.2 Å². The number of phenolic OH excluding ortho intramolecular Hbond substituents is 3. The highest BCUT2D eigenvalue weighted by molar-refractivity contribution is 5.83. The van der Waals surface area contributed by atoms with E-state index >= 15 is 0 Å². The first-order valence-corrected chi connectivity index (χ1v) is 24.8. The number of nitro benzene ring substituents is 7. The van der Waals surface area contributed by atoms with Crippen LogP contribution in [0.4, 0.5) is 79.6 Å². The number of carbonyl (C=O) groups excluding carboxylic acids is 1. The summed E-state index contributed by atoms with van der Waals surface area (Å²) in [7, 11) is 0. The molecule has 7 aromatic carbocycles. The van der Waals surface area contributed by atoms with E-state index in [1.165, 1.54) is 67.6 Å². The van der Waals surface area contributed by atoms with Crippen LogP contribution in [0.2, 0.25) is 0 Å². The number of rotatable bonds is 21. The minimum atomic E-state index is -0.916. The van der Waals surface area contributed by atoms with Gasteiger partial charge in [0.2, 0.25) is 0 Å². The number of phenols is 3. The average Bonchev–Trinajstić information content (AvgIpc) is 3.50. The largest absolute Gasteiger partial charge is 0.508 e. The topological polar surface area (TPSA) is 479 Å².